The predicted molar refractivity (Wildman–Crippen MR) is 236 cm³/mol. The van der Waals surface area contributed by atoms with Crippen molar-refractivity contribution in [1.82, 2.24) is 44.3 Å². The van der Waals surface area contributed by atoms with E-state index in [1.165, 1.54) is 27.9 Å². The molecule has 16 nitrogen and oxygen atoms in total. The Balaban J connectivity index is 0.717. The van der Waals surface area contributed by atoms with Gasteiger partial charge in [-0.15, -0.1) is 11.3 Å². The quantitative estimate of drug-likeness (QED) is 0.142. The Morgan fingerprint density at radius 2 is 1.75 bits per heavy atom. The van der Waals surface area contributed by atoms with Gasteiger partial charge >= 0.3 is 0 Å². The number of benzene rings is 2. The van der Waals surface area contributed by atoms with Crippen molar-refractivity contribution in [3.05, 3.63) is 101 Å². The van der Waals surface area contributed by atoms with E-state index < -0.39 is 23.7 Å². The predicted octanol–water partition coefficient (Wildman–Crippen LogP) is 5.13. The van der Waals surface area contributed by atoms with Gasteiger partial charge in [0.15, 0.2) is 11.2 Å². The van der Waals surface area contributed by atoms with Gasteiger partial charge in [-0.1, -0.05) is 12.1 Å². The number of thiazole rings is 1. The molecule has 2 atom stereocenters. The number of hydrogen-bond donors (Lipinski definition) is 3. The fourth-order valence-electron chi connectivity index (χ4n) is 9.99. The van der Waals surface area contributed by atoms with Crippen LogP contribution in [0.15, 0.2) is 66.7 Å². The molecule has 0 spiro atoms. The van der Waals surface area contributed by atoms with Crippen LogP contribution in [0.3, 0.4) is 0 Å². The summed E-state index contributed by atoms with van der Waals surface area (Å²) in [4.78, 5) is 79.4. The molecule has 10 rings (SSSR count). The number of anilines is 2. The number of nitrogens with one attached hydrogen (secondary N) is 3. The van der Waals surface area contributed by atoms with Crippen LogP contribution in [0.2, 0.25) is 0 Å². The molecule has 64 heavy (non-hydrogen) atoms. The molecule has 5 aliphatic heterocycles. The Kier molecular flexibility index (Phi) is 11.5. The molecule has 8 heterocycles. The number of piperidine rings is 3. The summed E-state index contributed by atoms with van der Waals surface area (Å²) in [7, 11) is 0. The maximum Gasteiger partial charge on any atom is 0.255 e. The molecular weight excluding hydrogens is 838 g/mol. The molecule has 5 aromatic rings. The summed E-state index contributed by atoms with van der Waals surface area (Å²) in [6.45, 7) is 4.54. The van der Waals surface area contributed by atoms with Crippen molar-refractivity contribution in [2.75, 3.05) is 49.9 Å². The number of likely N-dealkylation sites (tertiary alicyclic amines) is 2. The molecule has 5 amide bonds. The van der Waals surface area contributed by atoms with Crippen molar-refractivity contribution in [1.29, 1.82) is 0 Å². The van der Waals surface area contributed by atoms with Gasteiger partial charge < -0.3 is 19.7 Å². The number of hydrogen-bond acceptors (Lipinski definition) is 11. The van der Waals surface area contributed by atoms with Crippen LogP contribution in [-0.4, -0.2) is 108 Å². The van der Waals surface area contributed by atoms with Crippen LogP contribution in [0.5, 0.6) is 0 Å². The van der Waals surface area contributed by atoms with E-state index in [1.807, 2.05) is 32.5 Å². The van der Waals surface area contributed by atoms with E-state index in [4.69, 9.17) is 0 Å². The fraction of sp³-hybridized carbons (Fsp3) is 0.435. The number of fused-ring (bicyclic) bond motifs is 2. The van der Waals surface area contributed by atoms with Crippen LogP contribution in [0.25, 0.3) is 11.1 Å². The maximum atomic E-state index is 16.0. The van der Waals surface area contributed by atoms with E-state index in [-0.39, 0.29) is 47.4 Å². The van der Waals surface area contributed by atoms with Crippen molar-refractivity contribution >= 4 is 51.7 Å². The molecule has 3 saturated heterocycles. The lowest BCUT2D eigenvalue weighted by atomic mass is 9.89. The Labute approximate surface area is 373 Å². The Morgan fingerprint density at radius 1 is 0.938 bits per heavy atom. The number of aromatic nitrogens is 5. The van der Waals surface area contributed by atoms with Gasteiger partial charge in [0.05, 0.1) is 43.3 Å². The van der Waals surface area contributed by atoms with Crippen LogP contribution in [-0.2, 0) is 38.7 Å². The fourth-order valence-corrected chi connectivity index (χ4v) is 10.5. The van der Waals surface area contributed by atoms with Gasteiger partial charge in [-0.2, -0.15) is 5.10 Å². The summed E-state index contributed by atoms with van der Waals surface area (Å²) in [5.41, 5.74) is 5.29. The third-order valence-corrected chi connectivity index (χ3v) is 14.3. The molecular formula is C46H50FN11O5S. The van der Waals surface area contributed by atoms with E-state index in [1.54, 1.807) is 30.2 Å². The highest BCUT2D eigenvalue weighted by molar-refractivity contribution is 7.13. The van der Waals surface area contributed by atoms with Crippen LogP contribution < -0.4 is 16.0 Å². The summed E-state index contributed by atoms with van der Waals surface area (Å²) in [6.07, 6.45) is 12.9. The van der Waals surface area contributed by atoms with Crippen molar-refractivity contribution in [3.8, 4) is 11.1 Å². The van der Waals surface area contributed by atoms with Crippen molar-refractivity contribution in [3.63, 3.8) is 0 Å². The minimum atomic E-state index is -1.06. The summed E-state index contributed by atoms with van der Waals surface area (Å²) in [5.74, 6) is -1.48. The maximum absolute atomic E-state index is 16.0. The number of amides is 5. The number of imidazole rings is 1. The number of carbonyl (C=O) groups excluding carboxylic acids is 5. The molecule has 2 aromatic carbocycles. The van der Waals surface area contributed by atoms with E-state index in [9.17, 15) is 24.0 Å². The highest BCUT2D eigenvalue weighted by atomic mass is 32.1. The van der Waals surface area contributed by atoms with Crippen molar-refractivity contribution < 1.29 is 28.4 Å². The summed E-state index contributed by atoms with van der Waals surface area (Å²) in [5, 5.41) is 15.4. The largest absolute Gasteiger partial charge is 0.384 e. The first-order chi connectivity index (χ1) is 31.1. The molecule has 3 N–H and O–H groups in total. The number of imide groups is 1. The normalized spacial score (nSPS) is 20.0. The minimum absolute atomic E-state index is 0.0673. The summed E-state index contributed by atoms with van der Waals surface area (Å²) in [6, 6.07) is 10.5. The monoisotopic (exact) mass is 887 g/mol. The SMILES string of the molecule is O=C1CC[C@H](CNc2ccc(C3CCN(CC(=O)N4CCC(n5cc(-c6cc(F)c7c(c6)C(=O)N(C(C(=O)Nc6nccs6)c6ncn8c6CCC8)C7)cn5)CC4)CC3)cc2)C(=O)N1. The molecule has 1 unspecified atom stereocenters. The molecule has 3 fully saturated rings. The number of rotatable bonds is 12. The number of carbonyl (C=O) groups is 5. The summed E-state index contributed by atoms with van der Waals surface area (Å²) >= 11 is 1.28. The Bertz CT molecular complexity index is 2580. The van der Waals surface area contributed by atoms with Crippen LogP contribution in [0.4, 0.5) is 15.2 Å². The Morgan fingerprint density at radius 3 is 2.52 bits per heavy atom. The number of nitrogens with zero attached hydrogens (tertiary/aromatic N) is 8. The zero-order chi connectivity index (χ0) is 43.9. The first-order valence-corrected chi connectivity index (χ1v) is 23.1. The lowest BCUT2D eigenvalue weighted by Gasteiger charge is -2.36. The van der Waals surface area contributed by atoms with E-state index >= 15 is 4.39 Å². The molecule has 0 aliphatic carbocycles. The molecule has 332 valence electrons. The van der Waals surface area contributed by atoms with E-state index in [2.05, 4.69) is 48.0 Å². The second-order valence-corrected chi connectivity index (χ2v) is 18.4. The molecule has 5 aliphatic rings. The lowest BCUT2D eigenvalue weighted by Crippen LogP contribution is -2.46. The first-order valence-electron chi connectivity index (χ1n) is 22.2. The number of aryl methyl sites for hydroxylation is 1. The van der Waals surface area contributed by atoms with Gasteiger partial charge in [0, 0.05) is 78.4 Å². The minimum Gasteiger partial charge on any atom is -0.384 e. The van der Waals surface area contributed by atoms with Crippen molar-refractivity contribution in [2.24, 2.45) is 5.92 Å². The van der Waals surface area contributed by atoms with Crippen LogP contribution >= 0.6 is 11.3 Å². The highest BCUT2D eigenvalue weighted by Gasteiger charge is 2.42. The van der Waals surface area contributed by atoms with E-state index in [0.717, 1.165) is 69.5 Å². The van der Waals surface area contributed by atoms with Gasteiger partial charge in [0.1, 0.15) is 5.82 Å². The molecule has 3 aromatic heterocycles. The van der Waals surface area contributed by atoms with Gasteiger partial charge in [0.25, 0.3) is 11.8 Å². The van der Waals surface area contributed by atoms with Gasteiger partial charge in [-0.25, -0.2) is 14.4 Å². The van der Waals surface area contributed by atoms with E-state index in [0.29, 0.717) is 66.9 Å². The average Bonchev–Trinajstić information content (AvgIpc) is 4.17. The molecule has 0 radical (unpaired) electrons. The average molecular weight is 888 g/mol. The van der Waals surface area contributed by atoms with Crippen LogP contribution in [0.1, 0.15) is 95.8 Å². The molecule has 0 bridgehead atoms. The first kappa shape index (κ1) is 41.7. The van der Waals surface area contributed by atoms with Crippen molar-refractivity contribution in [2.45, 2.75) is 82.5 Å². The third-order valence-electron chi connectivity index (χ3n) is 13.6. The Hall–Kier alpha value is -6.27. The zero-order valence-electron chi connectivity index (χ0n) is 35.4. The lowest BCUT2D eigenvalue weighted by molar-refractivity contribution is -0.136. The highest BCUT2D eigenvalue weighted by Crippen LogP contribution is 2.38. The topological polar surface area (TPSA) is 180 Å². The van der Waals surface area contributed by atoms with Crippen LogP contribution in [0, 0.1) is 11.7 Å². The standard InChI is InChI=1S/C46H50FN11O5S/c47-37-21-31(20-35-36(37)25-57(45(35)63)42(44(62)53-46-48-13-19-64-46)41-38-2-1-14-56(38)27-50-41)32-23-51-58(24-32)34-11-17-55(18-12-34)40(60)26-54-15-9-29(10-16-54)28-3-6-33(7-4-28)49-22-30-5-8-39(59)52-43(30)61/h3-4,6-7,13,19-21,23-24,27,29-30,34,42,49H,1-2,5,8-12,14-18,22,25-26H2,(H,48,53,62)(H,52,59,61)/t30-,42?/m1/s1. The number of halogens is 1. The second kappa shape index (κ2) is 17.7. The molecule has 0 saturated carbocycles. The smallest absolute Gasteiger partial charge is 0.255 e. The zero-order valence-corrected chi connectivity index (χ0v) is 36.2. The van der Waals surface area contributed by atoms with Gasteiger partial charge in [0.2, 0.25) is 17.7 Å². The molecule has 18 heteroatoms. The third kappa shape index (κ3) is 8.43. The van der Waals surface area contributed by atoms with Gasteiger partial charge in [-0.05, 0) is 99.3 Å². The van der Waals surface area contributed by atoms with Gasteiger partial charge in [-0.3, -0.25) is 44.2 Å². The summed E-state index contributed by atoms with van der Waals surface area (Å²) < 4.78 is 19.9. The second-order valence-electron chi connectivity index (χ2n) is 17.5.